The number of carboxylic acids is 1. The van der Waals surface area contributed by atoms with Gasteiger partial charge in [-0.2, -0.15) is 5.26 Å². The Balaban J connectivity index is 4.58. The van der Waals surface area contributed by atoms with Gasteiger partial charge >= 0.3 is 5.97 Å². The van der Waals surface area contributed by atoms with Crippen molar-refractivity contribution in [2.24, 2.45) is 0 Å². The van der Waals surface area contributed by atoms with Crippen molar-refractivity contribution < 1.29 is 9.90 Å². The predicted molar refractivity (Wildman–Crippen MR) is 68.6 cm³/mol. The molecule has 0 aromatic rings. The van der Waals surface area contributed by atoms with Gasteiger partial charge in [0.25, 0.3) is 0 Å². The third kappa shape index (κ3) is 6.78. The number of hydrogen-bond acceptors (Lipinski definition) is 2. The average Bonchev–Trinajstić information content (AvgIpc) is 2.29. The Bertz CT molecular complexity index is 288. The van der Waals surface area contributed by atoms with Crippen molar-refractivity contribution in [3.63, 3.8) is 0 Å². The zero-order chi connectivity index (χ0) is 13.1. The number of nitriles is 1. The van der Waals surface area contributed by atoms with Crippen molar-refractivity contribution in [2.45, 2.75) is 65.2 Å². The number of allylic oxidation sites excluding steroid dienone is 1. The van der Waals surface area contributed by atoms with E-state index in [1.165, 1.54) is 0 Å². The van der Waals surface area contributed by atoms with Crippen LogP contribution in [0.2, 0.25) is 0 Å². The van der Waals surface area contributed by atoms with E-state index >= 15 is 0 Å². The lowest BCUT2D eigenvalue weighted by Crippen LogP contribution is -2.03. The average molecular weight is 237 g/mol. The van der Waals surface area contributed by atoms with E-state index in [-0.39, 0.29) is 5.57 Å². The summed E-state index contributed by atoms with van der Waals surface area (Å²) >= 11 is 0. The van der Waals surface area contributed by atoms with Gasteiger partial charge in [0.1, 0.15) is 11.6 Å². The largest absolute Gasteiger partial charge is 0.477 e. The third-order valence-electron chi connectivity index (χ3n) is 2.84. The maximum atomic E-state index is 11.0. The normalized spacial score (nSPS) is 9.71. The molecular formula is C14H23NO2. The highest BCUT2D eigenvalue weighted by Gasteiger charge is 2.13. The molecule has 0 amide bonds. The molecule has 0 saturated carbocycles. The lowest BCUT2D eigenvalue weighted by Gasteiger charge is -2.08. The van der Waals surface area contributed by atoms with Gasteiger partial charge in [-0.05, 0) is 31.3 Å². The minimum Gasteiger partial charge on any atom is -0.477 e. The van der Waals surface area contributed by atoms with E-state index < -0.39 is 5.97 Å². The minimum atomic E-state index is -1.07. The molecule has 96 valence electrons. The van der Waals surface area contributed by atoms with Gasteiger partial charge in [-0.1, -0.05) is 39.5 Å². The minimum absolute atomic E-state index is 0.0304. The van der Waals surface area contributed by atoms with E-state index in [1.807, 2.05) is 6.07 Å². The summed E-state index contributed by atoms with van der Waals surface area (Å²) in [6.07, 6.45) is 7.88. The number of aliphatic carboxylic acids is 1. The number of hydrogen-bond donors (Lipinski definition) is 1. The molecule has 0 unspecified atom stereocenters. The third-order valence-corrected chi connectivity index (χ3v) is 2.84. The highest BCUT2D eigenvalue weighted by Crippen LogP contribution is 2.20. The predicted octanol–water partition coefficient (Wildman–Crippen LogP) is 4.05. The summed E-state index contributed by atoms with van der Waals surface area (Å²) in [6.45, 7) is 4.23. The van der Waals surface area contributed by atoms with Crippen LogP contribution in [0.3, 0.4) is 0 Å². The van der Waals surface area contributed by atoms with E-state index in [0.29, 0.717) is 0 Å². The van der Waals surface area contributed by atoms with E-state index in [4.69, 9.17) is 10.4 Å². The van der Waals surface area contributed by atoms with Gasteiger partial charge in [0.05, 0.1) is 0 Å². The van der Waals surface area contributed by atoms with Crippen LogP contribution in [-0.4, -0.2) is 11.1 Å². The molecule has 3 heteroatoms. The standard InChI is InChI=1S/C14H23NO2/c1-3-5-7-9-12(10-8-6-4-2)13(11-15)14(16)17/h3-10H2,1-2H3,(H,16,17). The van der Waals surface area contributed by atoms with Crippen molar-refractivity contribution in [1.29, 1.82) is 5.26 Å². The molecule has 17 heavy (non-hydrogen) atoms. The van der Waals surface area contributed by atoms with E-state index in [1.54, 1.807) is 0 Å². The molecule has 0 aromatic heterocycles. The second kappa shape index (κ2) is 9.89. The van der Waals surface area contributed by atoms with Crippen LogP contribution in [0.4, 0.5) is 0 Å². The molecule has 1 N–H and O–H groups in total. The number of nitrogens with zero attached hydrogens (tertiary/aromatic N) is 1. The van der Waals surface area contributed by atoms with Gasteiger partial charge in [0, 0.05) is 0 Å². The first kappa shape index (κ1) is 15.7. The SMILES string of the molecule is CCCCCC(CCCCC)=C(C#N)C(=O)O. The molecule has 0 spiro atoms. The van der Waals surface area contributed by atoms with Crippen molar-refractivity contribution in [2.75, 3.05) is 0 Å². The molecule has 0 atom stereocenters. The zero-order valence-corrected chi connectivity index (χ0v) is 11.0. The van der Waals surface area contributed by atoms with Crippen molar-refractivity contribution in [3.05, 3.63) is 11.1 Å². The Morgan fingerprint density at radius 1 is 1.06 bits per heavy atom. The Morgan fingerprint density at radius 2 is 1.53 bits per heavy atom. The molecule has 0 aliphatic rings. The van der Waals surface area contributed by atoms with Gasteiger partial charge in [0.15, 0.2) is 0 Å². The maximum absolute atomic E-state index is 11.0. The first-order chi connectivity index (χ1) is 8.17. The number of carbonyl (C=O) groups is 1. The summed E-state index contributed by atoms with van der Waals surface area (Å²) in [6, 6.07) is 1.84. The first-order valence-electron chi connectivity index (χ1n) is 6.52. The van der Waals surface area contributed by atoms with Crippen LogP contribution in [0.1, 0.15) is 65.2 Å². The molecule has 3 nitrogen and oxygen atoms in total. The monoisotopic (exact) mass is 237 g/mol. The molecular weight excluding hydrogens is 214 g/mol. The van der Waals surface area contributed by atoms with Crippen LogP contribution in [0.25, 0.3) is 0 Å². The Labute approximate surface area is 104 Å². The molecule has 0 aliphatic heterocycles. The van der Waals surface area contributed by atoms with Crippen LogP contribution in [0.5, 0.6) is 0 Å². The molecule has 0 aromatic carbocycles. The van der Waals surface area contributed by atoms with Crippen molar-refractivity contribution in [3.8, 4) is 6.07 Å². The summed E-state index contributed by atoms with van der Waals surface area (Å²) in [4.78, 5) is 11.0. The van der Waals surface area contributed by atoms with Gasteiger partial charge in [0.2, 0.25) is 0 Å². The smallest absolute Gasteiger partial charge is 0.346 e. The first-order valence-corrected chi connectivity index (χ1v) is 6.52. The highest BCUT2D eigenvalue weighted by atomic mass is 16.4. The number of rotatable bonds is 9. The van der Waals surface area contributed by atoms with Crippen molar-refractivity contribution >= 4 is 5.97 Å². The topological polar surface area (TPSA) is 61.1 Å². The fraction of sp³-hybridized carbons (Fsp3) is 0.714. The van der Waals surface area contributed by atoms with Crippen LogP contribution in [0, 0.1) is 11.3 Å². The molecule has 0 radical (unpaired) electrons. The fourth-order valence-electron chi connectivity index (χ4n) is 1.83. The molecule has 0 saturated heterocycles. The molecule has 0 heterocycles. The van der Waals surface area contributed by atoms with Crippen LogP contribution >= 0.6 is 0 Å². The summed E-state index contributed by atoms with van der Waals surface area (Å²) < 4.78 is 0. The van der Waals surface area contributed by atoms with E-state index in [2.05, 4.69) is 13.8 Å². The van der Waals surface area contributed by atoms with E-state index in [9.17, 15) is 4.79 Å². The van der Waals surface area contributed by atoms with Crippen LogP contribution in [0.15, 0.2) is 11.1 Å². The van der Waals surface area contributed by atoms with Gasteiger partial charge in [-0.3, -0.25) is 0 Å². The van der Waals surface area contributed by atoms with E-state index in [0.717, 1.165) is 56.9 Å². The summed E-state index contributed by atoms with van der Waals surface area (Å²) in [5.41, 5.74) is 0.805. The van der Waals surface area contributed by atoms with Crippen LogP contribution in [-0.2, 0) is 4.79 Å². The molecule has 0 bridgehead atoms. The summed E-state index contributed by atoms with van der Waals surface area (Å²) in [5.74, 6) is -1.07. The molecule has 0 aliphatic carbocycles. The van der Waals surface area contributed by atoms with Crippen molar-refractivity contribution in [1.82, 2.24) is 0 Å². The summed E-state index contributed by atoms with van der Waals surface area (Å²) in [7, 11) is 0. The Morgan fingerprint density at radius 3 is 1.82 bits per heavy atom. The summed E-state index contributed by atoms with van der Waals surface area (Å²) in [5, 5.41) is 17.9. The number of unbranched alkanes of at least 4 members (excludes halogenated alkanes) is 4. The van der Waals surface area contributed by atoms with Gasteiger partial charge in [-0.15, -0.1) is 0 Å². The zero-order valence-electron chi connectivity index (χ0n) is 11.0. The lowest BCUT2D eigenvalue weighted by atomic mass is 9.96. The Kier molecular flexibility index (Phi) is 9.14. The van der Waals surface area contributed by atoms with Crippen LogP contribution < -0.4 is 0 Å². The Hall–Kier alpha value is -1.30. The quantitative estimate of drug-likeness (QED) is 0.374. The van der Waals surface area contributed by atoms with Gasteiger partial charge < -0.3 is 5.11 Å². The fourth-order valence-corrected chi connectivity index (χ4v) is 1.83. The molecule has 0 rings (SSSR count). The molecule has 0 fully saturated rings. The van der Waals surface area contributed by atoms with Gasteiger partial charge in [-0.25, -0.2) is 4.79 Å². The second-order valence-corrected chi connectivity index (χ2v) is 4.31. The number of carboxylic acid groups (broad SMARTS) is 1. The maximum Gasteiger partial charge on any atom is 0.346 e. The highest BCUT2D eigenvalue weighted by molar-refractivity contribution is 5.92. The lowest BCUT2D eigenvalue weighted by molar-refractivity contribution is -0.132. The second-order valence-electron chi connectivity index (χ2n) is 4.31.